The van der Waals surface area contributed by atoms with Crippen molar-refractivity contribution in [1.82, 2.24) is 4.98 Å². The molecule has 0 amide bonds. The lowest BCUT2D eigenvalue weighted by Crippen LogP contribution is -2.28. The average Bonchev–Trinajstić information content (AvgIpc) is 3.00. The van der Waals surface area contributed by atoms with Crippen LogP contribution in [0.1, 0.15) is 19.3 Å². The van der Waals surface area contributed by atoms with Gasteiger partial charge in [-0.25, -0.2) is 4.98 Å². The maximum atomic E-state index is 5.87. The van der Waals surface area contributed by atoms with Crippen LogP contribution in [0.4, 0.5) is 5.88 Å². The van der Waals surface area contributed by atoms with Crippen LogP contribution in [0.25, 0.3) is 11.5 Å². The summed E-state index contributed by atoms with van der Waals surface area (Å²) in [5.74, 6) is 1.57. The number of oxazole rings is 1. The molecule has 0 unspecified atom stereocenters. The van der Waals surface area contributed by atoms with Crippen molar-refractivity contribution in [2.24, 2.45) is 0 Å². The van der Waals surface area contributed by atoms with Gasteiger partial charge in [0.15, 0.2) is 0 Å². The number of thiophene rings is 1. The fourth-order valence-corrected chi connectivity index (χ4v) is 3.98. The van der Waals surface area contributed by atoms with Crippen LogP contribution in [0.3, 0.4) is 0 Å². The van der Waals surface area contributed by atoms with Crippen molar-refractivity contribution in [3.63, 3.8) is 0 Å². The van der Waals surface area contributed by atoms with Gasteiger partial charge in [-0.3, -0.25) is 0 Å². The molecule has 0 bridgehead atoms. The maximum Gasteiger partial charge on any atom is 0.230 e. The summed E-state index contributed by atoms with van der Waals surface area (Å²) in [7, 11) is 0. The molecule has 0 aliphatic carbocycles. The Morgan fingerprint density at radius 3 is 2.67 bits per heavy atom. The zero-order valence-corrected chi connectivity index (χ0v) is 13.6. The number of nitrogens with zero attached hydrogens (tertiary/aromatic N) is 2. The third kappa shape index (κ3) is 2.38. The molecule has 1 aliphatic rings. The van der Waals surface area contributed by atoms with Gasteiger partial charge in [-0.2, -0.15) is 0 Å². The van der Waals surface area contributed by atoms with Crippen LogP contribution in [0.2, 0.25) is 0 Å². The molecule has 0 atom stereocenters. The van der Waals surface area contributed by atoms with Crippen molar-refractivity contribution < 1.29 is 4.42 Å². The largest absolute Gasteiger partial charge is 0.420 e. The van der Waals surface area contributed by atoms with Gasteiger partial charge in [0.1, 0.15) is 0 Å². The minimum Gasteiger partial charge on any atom is -0.420 e. The smallest absolute Gasteiger partial charge is 0.230 e. The summed E-state index contributed by atoms with van der Waals surface area (Å²) in [4.78, 5) is 6.66. The van der Waals surface area contributed by atoms with E-state index in [0.717, 1.165) is 32.8 Å². The molecule has 96 valence electrons. The summed E-state index contributed by atoms with van der Waals surface area (Å²) in [5, 5.41) is 2.04. The zero-order valence-electron chi connectivity index (χ0n) is 9.66. The average molecular weight is 392 g/mol. The minimum absolute atomic E-state index is 0.685. The summed E-state index contributed by atoms with van der Waals surface area (Å²) in [6, 6.07) is 0. The summed E-state index contributed by atoms with van der Waals surface area (Å²) < 4.78 is 7.95. The number of hydrogen-bond donors (Lipinski definition) is 0. The molecular weight excluding hydrogens is 380 g/mol. The molecule has 0 aromatic carbocycles. The number of piperidine rings is 1. The van der Waals surface area contributed by atoms with Crippen LogP contribution in [-0.4, -0.2) is 18.1 Å². The molecule has 0 radical (unpaired) electrons. The number of anilines is 1. The summed E-state index contributed by atoms with van der Waals surface area (Å²) in [5.41, 5.74) is 1.01. The molecule has 0 spiro atoms. The van der Waals surface area contributed by atoms with E-state index >= 15 is 0 Å². The van der Waals surface area contributed by atoms with E-state index in [1.807, 2.05) is 11.6 Å². The number of rotatable bonds is 2. The van der Waals surface area contributed by atoms with Crippen LogP contribution in [0, 0.1) is 0 Å². The van der Waals surface area contributed by atoms with E-state index in [-0.39, 0.29) is 0 Å². The lowest BCUT2D eigenvalue weighted by atomic mass is 10.1. The van der Waals surface area contributed by atoms with E-state index in [9.17, 15) is 0 Å². The number of hydrogen-bond acceptors (Lipinski definition) is 4. The van der Waals surface area contributed by atoms with Crippen LogP contribution in [-0.2, 0) is 0 Å². The molecule has 0 saturated carbocycles. The van der Waals surface area contributed by atoms with Gasteiger partial charge in [0.25, 0.3) is 0 Å². The third-order valence-corrected chi connectivity index (χ3v) is 6.42. The third-order valence-electron chi connectivity index (χ3n) is 3.08. The van der Waals surface area contributed by atoms with E-state index in [2.05, 4.69) is 41.7 Å². The van der Waals surface area contributed by atoms with E-state index in [4.69, 9.17) is 4.42 Å². The van der Waals surface area contributed by atoms with Gasteiger partial charge in [-0.05, 0) is 51.1 Å². The molecular formula is C12H12Br2N2OS. The lowest BCUT2D eigenvalue weighted by molar-refractivity contribution is 0.505. The summed E-state index contributed by atoms with van der Waals surface area (Å²) in [6.45, 7) is 2.15. The van der Waals surface area contributed by atoms with Crippen molar-refractivity contribution >= 4 is 49.1 Å². The van der Waals surface area contributed by atoms with Crippen LogP contribution in [0.5, 0.6) is 0 Å². The van der Waals surface area contributed by atoms with Gasteiger partial charge in [-0.1, -0.05) is 0 Å². The van der Waals surface area contributed by atoms with Crippen molar-refractivity contribution in [3.05, 3.63) is 19.8 Å². The van der Waals surface area contributed by atoms with Gasteiger partial charge < -0.3 is 9.32 Å². The molecule has 3 heterocycles. The van der Waals surface area contributed by atoms with Crippen LogP contribution >= 0.6 is 43.2 Å². The normalized spacial score (nSPS) is 16.2. The van der Waals surface area contributed by atoms with Crippen molar-refractivity contribution in [2.45, 2.75) is 19.3 Å². The lowest BCUT2D eigenvalue weighted by Gasteiger charge is -2.25. The molecule has 2 aromatic heterocycles. The Balaban J connectivity index is 1.87. The number of halogens is 2. The Morgan fingerprint density at radius 1 is 1.22 bits per heavy atom. The highest BCUT2D eigenvalue weighted by molar-refractivity contribution is 9.13. The topological polar surface area (TPSA) is 29.3 Å². The Labute approximate surface area is 126 Å². The van der Waals surface area contributed by atoms with Gasteiger partial charge in [0.2, 0.25) is 11.8 Å². The van der Waals surface area contributed by atoms with E-state index in [1.165, 1.54) is 19.3 Å². The van der Waals surface area contributed by atoms with E-state index < -0.39 is 0 Å². The fourth-order valence-electron chi connectivity index (χ4n) is 2.11. The highest BCUT2D eigenvalue weighted by Gasteiger charge is 2.18. The second kappa shape index (κ2) is 5.35. The summed E-state index contributed by atoms with van der Waals surface area (Å²) >= 11 is 8.66. The monoisotopic (exact) mass is 390 g/mol. The van der Waals surface area contributed by atoms with Crippen molar-refractivity contribution in [3.8, 4) is 11.5 Å². The second-order valence-corrected chi connectivity index (χ2v) is 7.28. The van der Waals surface area contributed by atoms with Crippen molar-refractivity contribution in [2.75, 3.05) is 18.0 Å². The zero-order chi connectivity index (χ0) is 12.5. The molecule has 18 heavy (non-hydrogen) atoms. The molecule has 1 saturated heterocycles. The standard InChI is InChI=1S/C12H12Br2N2OS/c13-10-8(7-18-11(10)14)12-15-6-9(17-12)16-4-2-1-3-5-16/h6-7H,1-5H2. The molecule has 6 heteroatoms. The first-order chi connectivity index (χ1) is 8.75. The fraction of sp³-hybridized carbons (Fsp3) is 0.417. The Morgan fingerprint density at radius 2 is 2.00 bits per heavy atom. The highest BCUT2D eigenvalue weighted by Crippen LogP contribution is 2.39. The Hall–Kier alpha value is -0.330. The quantitative estimate of drug-likeness (QED) is 0.727. The first-order valence-corrected chi connectivity index (χ1v) is 8.36. The maximum absolute atomic E-state index is 5.87. The van der Waals surface area contributed by atoms with Gasteiger partial charge in [0.05, 0.1) is 20.0 Å². The van der Waals surface area contributed by atoms with Crippen LogP contribution < -0.4 is 4.90 Å². The molecule has 1 fully saturated rings. The highest BCUT2D eigenvalue weighted by atomic mass is 79.9. The van der Waals surface area contributed by atoms with E-state index in [0.29, 0.717) is 5.89 Å². The molecule has 1 aliphatic heterocycles. The van der Waals surface area contributed by atoms with Gasteiger partial charge >= 0.3 is 0 Å². The Bertz CT molecular complexity index is 546. The Kier molecular flexibility index (Phi) is 3.77. The first kappa shape index (κ1) is 12.7. The van der Waals surface area contributed by atoms with E-state index in [1.54, 1.807) is 11.3 Å². The summed E-state index contributed by atoms with van der Waals surface area (Å²) in [6.07, 6.45) is 5.63. The minimum atomic E-state index is 0.685. The molecule has 3 rings (SSSR count). The molecule has 2 aromatic rings. The van der Waals surface area contributed by atoms with Crippen LogP contribution in [0.15, 0.2) is 24.3 Å². The second-order valence-electron chi connectivity index (χ2n) is 4.29. The molecule has 0 N–H and O–H groups in total. The first-order valence-electron chi connectivity index (χ1n) is 5.89. The predicted octanol–water partition coefficient (Wildman–Crippen LogP) is 4.92. The predicted molar refractivity (Wildman–Crippen MR) is 81.3 cm³/mol. The van der Waals surface area contributed by atoms with Gasteiger partial charge in [-0.15, -0.1) is 11.3 Å². The molecule has 3 nitrogen and oxygen atoms in total. The van der Waals surface area contributed by atoms with Crippen molar-refractivity contribution in [1.29, 1.82) is 0 Å². The number of aromatic nitrogens is 1. The SMILES string of the molecule is Brc1scc(-c2ncc(N3CCCCC3)o2)c1Br. The van der Waals surface area contributed by atoms with Gasteiger partial charge in [0, 0.05) is 18.5 Å².